The van der Waals surface area contributed by atoms with Crippen molar-refractivity contribution in [3.8, 4) is 22.5 Å². The van der Waals surface area contributed by atoms with Crippen molar-refractivity contribution in [3.63, 3.8) is 0 Å². The maximum absolute atomic E-state index is 10.8. The van der Waals surface area contributed by atoms with E-state index in [1.165, 1.54) is 22.3 Å². The fourth-order valence-corrected chi connectivity index (χ4v) is 7.89. The molecule has 12 nitrogen and oxygen atoms in total. The van der Waals surface area contributed by atoms with Gasteiger partial charge in [0.15, 0.2) is 11.6 Å². The van der Waals surface area contributed by atoms with Gasteiger partial charge in [-0.3, -0.25) is 0 Å². The first kappa shape index (κ1) is 25.5. The van der Waals surface area contributed by atoms with Crippen molar-refractivity contribution in [1.29, 1.82) is 0 Å². The lowest BCUT2D eigenvalue weighted by molar-refractivity contribution is 0.0511. The third-order valence-electron chi connectivity index (χ3n) is 9.89. The molecular formula is C32H30N10O2. The van der Waals surface area contributed by atoms with Gasteiger partial charge in [0.25, 0.3) is 0 Å². The number of hydrogen-bond donors (Lipinski definition) is 2. The highest BCUT2D eigenvalue weighted by molar-refractivity contribution is 5.70. The van der Waals surface area contributed by atoms with Crippen LogP contribution >= 0.6 is 0 Å². The Kier molecular flexibility index (Phi) is 5.69. The standard InChI is InChI=1S/2C16H15N5O/c2*22-15-12(5-6-20-9-18-19-16(15)20)14-11-4-2-1-3-10(11)13-7-17-8-21(13)14/h2*1-4,7-9,12,14-15,22H,5-6H2/t2*12-,14+,15-/m10/s1. The van der Waals surface area contributed by atoms with Crippen LogP contribution in [0.25, 0.3) is 22.5 Å². The zero-order valence-electron chi connectivity index (χ0n) is 23.7. The molecule has 0 saturated heterocycles. The highest BCUT2D eigenvalue weighted by Gasteiger charge is 2.42. The second kappa shape index (κ2) is 9.79. The fourth-order valence-electron chi connectivity index (χ4n) is 7.89. The first-order valence-electron chi connectivity index (χ1n) is 15.0. The zero-order valence-corrected chi connectivity index (χ0v) is 23.7. The molecule has 2 N–H and O–H groups in total. The molecule has 0 bridgehead atoms. The number of aliphatic hydroxyl groups excluding tert-OH is 2. The van der Waals surface area contributed by atoms with Crippen LogP contribution < -0.4 is 0 Å². The van der Waals surface area contributed by atoms with Gasteiger partial charge in [-0.2, -0.15) is 0 Å². The molecule has 4 aliphatic rings. The minimum atomic E-state index is -0.609. The normalized spacial score (nSPS) is 25.6. The summed E-state index contributed by atoms with van der Waals surface area (Å²) < 4.78 is 8.25. The van der Waals surface area contributed by atoms with E-state index in [2.05, 4.69) is 75.9 Å². The average molecular weight is 587 g/mol. The summed E-state index contributed by atoms with van der Waals surface area (Å²) in [6.07, 6.45) is 11.5. The molecule has 6 aromatic rings. The molecule has 0 aliphatic carbocycles. The van der Waals surface area contributed by atoms with Gasteiger partial charge in [-0.25, -0.2) is 9.97 Å². The third-order valence-corrected chi connectivity index (χ3v) is 9.89. The number of aromatic nitrogens is 10. The molecule has 10 rings (SSSR count). The Balaban J connectivity index is 0.000000123. The number of aryl methyl sites for hydroxylation is 2. The van der Waals surface area contributed by atoms with E-state index in [-0.39, 0.29) is 23.9 Å². The van der Waals surface area contributed by atoms with E-state index in [0.29, 0.717) is 11.6 Å². The monoisotopic (exact) mass is 586 g/mol. The number of fused-ring (bicyclic) bond motifs is 8. The molecule has 6 atom stereocenters. The first-order valence-corrected chi connectivity index (χ1v) is 15.0. The maximum atomic E-state index is 10.8. The number of imidazole rings is 2. The third kappa shape index (κ3) is 3.64. The molecular weight excluding hydrogens is 556 g/mol. The van der Waals surface area contributed by atoms with Gasteiger partial charge < -0.3 is 28.5 Å². The lowest BCUT2D eigenvalue weighted by Gasteiger charge is -2.33. The minimum absolute atomic E-state index is 0.0771. The molecule has 0 fully saturated rings. The summed E-state index contributed by atoms with van der Waals surface area (Å²) in [5, 5.41) is 37.7. The van der Waals surface area contributed by atoms with E-state index in [9.17, 15) is 10.2 Å². The topological polar surface area (TPSA) is 138 Å². The predicted molar refractivity (Wildman–Crippen MR) is 158 cm³/mol. The van der Waals surface area contributed by atoms with Crippen molar-refractivity contribution in [2.45, 2.75) is 50.2 Å². The Morgan fingerprint density at radius 1 is 0.591 bits per heavy atom. The van der Waals surface area contributed by atoms with E-state index in [0.717, 1.165) is 37.3 Å². The number of aliphatic hydroxyl groups is 2. The summed E-state index contributed by atoms with van der Waals surface area (Å²) >= 11 is 0. The SMILES string of the molecule is O[C@@H]1c2nncn2CC[C@H]1[C@H]1c2ccccc2-c2cncn21.O[C@H]1c2nncn2CC[C@@H]1[C@@H]1c2ccccc2-c2cncn21. The van der Waals surface area contributed by atoms with Crippen molar-refractivity contribution in [2.75, 3.05) is 0 Å². The van der Waals surface area contributed by atoms with Crippen LogP contribution in [0.1, 0.15) is 59.9 Å². The lowest BCUT2D eigenvalue weighted by atomic mass is 9.84. The largest absolute Gasteiger partial charge is 0.385 e. The highest BCUT2D eigenvalue weighted by atomic mass is 16.3. The maximum Gasteiger partial charge on any atom is 0.162 e. The van der Waals surface area contributed by atoms with E-state index < -0.39 is 12.2 Å². The molecule has 0 unspecified atom stereocenters. The summed E-state index contributed by atoms with van der Waals surface area (Å²) in [6, 6.07) is 17.0. The lowest BCUT2D eigenvalue weighted by Crippen LogP contribution is -2.31. The average Bonchev–Trinajstić information content (AvgIpc) is 3.88. The van der Waals surface area contributed by atoms with Crippen LogP contribution in [0.2, 0.25) is 0 Å². The predicted octanol–water partition coefficient (Wildman–Crippen LogP) is 3.60. The Hall–Kier alpha value is -4.94. The quantitative estimate of drug-likeness (QED) is 0.314. The van der Waals surface area contributed by atoms with E-state index in [1.807, 2.05) is 46.3 Å². The minimum Gasteiger partial charge on any atom is -0.385 e. The van der Waals surface area contributed by atoms with Crippen LogP contribution in [0, 0.1) is 11.8 Å². The van der Waals surface area contributed by atoms with Gasteiger partial charge >= 0.3 is 0 Å². The van der Waals surface area contributed by atoms with Gasteiger partial charge in [0.05, 0.1) is 48.5 Å². The van der Waals surface area contributed by atoms with Crippen molar-refractivity contribution in [2.24, 2.45) is 11.8 Å². The molecule has 44 heavy (non-hydrogen) atoms. The molecule has 4 aromatic heterocycles. The summed E-state index contributed by atoms with van der Waals surface area (Å²) in [7, 11) is 0. The van der Waals surface area contributed by atoms with E-state index in [4.69, 9.17) is 0 Å². The first-order chi connectivity index (χ1) is 21.7. The Morgan fingerprint density at radius 3 is 1.52 bits per heavy atom. The Morgan fingerprint density at radius 2 is 1.05 bits per heavy atom. The number of benzene rings is 2. The van der Waals surface area contributed by atoms with Gasteiger partial charge in [-0.1, -0.05) is 48.5 Å². The van der Waals surface area contributed by atoms with Gasteiger partial charge in [0, 0.05) is 36.1 Å². The molecule has 8 heterocycles. The number of hydrogen-bond acceptors (Lipinski definition) is 8. The molecule has 0 amide bonds. The van der Waals surface area contributed by atoms with Gasteiger partial charge in [-0.15, -0.1) is 20.4 Å². The van der Waals surface area contributed by atoms with Crippen molar-refractivity contribution < 1.29 is 10.2 Å². The van der Waals surface area contributed by atoms with Crippen LogP contribution in [0.15, 0.2) is 86.2 Å². The number of nitrogens with zero attached hydrogens (tertiary/aromatic N) is 10. The zero-order chi connectivity index (χ0) is 29.4. The van der Waals surface area contributed by atoms with Crippen molar-refractivity contribution in [3.05, 3.63) is 109 Å². The van der Waals surface area contributed by atoms with Crippen molar-refractivity contribution >= 4 is 0 Å². The van der Waals surface area contributed by atoms with Crippen LogP contribution in [0.5, 0.6) is 0 Å². The highest BCUT2D eigenvalue weighted by Crippen LogP contribution is 2.49. The second-order valence-corrected chi connectivity index (χ2v) is 12.0. The summed E-state index contributed by atoms with van der Waals surface area (Å²) in [4.78, 5) is 8.59. The van der Waals surface area contributed by atoms with Crippen LogP contribution in [-0.2, 0) is 13.1 Å². The van der Waals surface area contributed by atoms with Crippen LogP contribution in [-0.4, -0.2) is 58.8 Å². The molecule has 2 aromatic carbocycles. The fraction of sp³-hybridized carbons (Fsp3) is 0.312. The van der Waals surface area contributed by atoms with Gasteiger partial charge in [0.1, 0.15) is 24.9 Å². The smallest absolute Gasteiger partial charge is 0.162 e. The van der Waals surface area contributed by atoms with E-state index >= 15 is 0 Å². The molecule has 220 valence electrons. The van der Waals surface area contributed by atoms with Crippen LogP contribution in [0.3, 0.4) is 0 Å². The molecule has 0 radical (unpaired) electrons. The summed E-state index contributed by atoms with van der Waals surface area (Å²) in [5.41, 5.74) is 7.20. The second-order valence-electron chi connectivity index (χ2n) is 12.0. The number of rotatable bonds is 2. The Labute approximate surface area is 252 Å². The Bertz CT molecular complexity index is 1850. The summed E-state index contributed by atoms with van der Waals surface area (Å²) in [5.74, 6) is 1.49. The van der Waals surface area contributed by atoms with Gasteiger partial charge in [0.2, 0.25) is 0 Å². The van der Waals surface area contributed by atoms with E-state index in [1.54, 1.807) is 12.7 Å². The summed E-state index contributed by atoms with van der Waals surface area (Å²) in [6.45, 7) is 1.68. The molecule has 0 saturated carbocycles. The van der Waals surface area contributed by atoms with Crippen LogP contribution in [0.4, 0.5) is 0 Å². The molecule has 12 heteroatoms. The molecule has 0 spiro atoms. The molecule has 4 aliphatic heterocycles. The van der Waals surface area contributed by atoms with Crippen molar-refractivity contribution in [1.82, 2.24) is 48.6 Å². The van der Waals surface area contributed by atoms with Gasteiger partial charge in [-0.05, 0) is 24.0 Å².